The van der Waals surface area contributed by atoms with Crippen molar-refractivity contribution in [2.75, 3.05) is 13.1 Å². The summed E-state index contributed by atoms with van der Waals surface area (Å²) < 4.78 is 5.40. The topological polar surface area (TPSA) is 29.5 Å². The Morgan fingerprint density at radius 2 is 2.18 bits per heavy atom. The molecule has 3 nitrogen and oxygen atoms in total. The van der Waals surface area contributed by atoms with E-state index in [0.717, 1.165) is 25.9 Å². The highest BCUT2D eigenvalue weighted by Crippen LogP contribution is 2.21. The van der Waals surface area contributed by atoms with E-state index in [1.807, 2.05) is 25.7 Å². The molecule has 17 heavy (non-hydrogen) atoms. The van der Waals surface area contributed by atoms with Gasteiger partial charge in [0.1, 0.15) is 5.60 Å². The van der Waals surface area contributed by atoms with Gasteiger partial charge in [0.2, 0.25) is 0 Å². The third kappa shape index (κ3) is 4.41. The molecule has 0 radical (unpaired) electrons. The van der Waals surface area contributed by atoms with Crippen molar-refractivity contribution in [1.82, 2.24) is 4.90 Å². The quantitative estimate of drug-likeness (QED) is 0.689. The second kappa shape index (κ2) is 5.56. The van der Waals surface area contributed by atoms with Crippen LogP contribution in [-0.4, -0.2) is 29.7 Å². The van der Waals surface area contributed by atoms with Crippen LogP contribution in [0.25, 0.3) is 0 Å². The van der Waals surface area contributed by atoms with Gasteiger partial charge in [-0.25, -0.2) is 4.79 Å². The van der Waals surface area contributed by atoms with Crippen molar-refractivity contribution < 1.29 is 9.53 Å². The number of nitrogens with zero attached hydrogens (tertiary/aromatic N) is 1. The highest BCUT2D eigenvalue weighted by Gasteiger charge is 2.25. The monoisotopic (exact) mass is 239 g/mol. The first-order valence-electron chi connectivity index (χ1n) is 6.50. The molecular formula is C14H25NO2. The van der Waals surface area contributed by atoms with Gasteiger partial charge in [0.25, 0.3) is 0 Å². The van der Waals surface area contributed by atoms with E-state index in [0.29, 0.717) is 5.92 Å². The number of hydrogen-bond donors (Lipinski definition) is 0. The highest BCUT2D eigenvalue weighted by atomic mass is 16.6. The smallest absolute Gasteiger partial charge is 0.410 e. The summed E-state index contributed by atoms with van der Waals surface area (Å²) in [6.07, 6.45) is 4.15. The second-order valence-corrected chi connectivity index (χ2v) is 5.78. The van der Waals surface area contributed by atoms with Gasteiger partial charge in [0.15, 0.2) is 0 Å². The van der Waals surface area contributed by atoms with Crippen LogP contribution in [0.4, 0.5) is 4.79 Å². The van der Waals surface area contributed by atoms with Gasteiger partial charge in [-0.05, 0) is 39.5 Å². The number of rotatable bonds is 2. The molecule has 1 unspecified atom stereocenters. The molecule has 0 saturated carbocycles. The fraction of sp³-hybridized carbons (Fsp3) is 0.786. The van der Waals surface area contributed by atoms with Crippen LogP contribution in [0.1, 0.15) is 47.5 Å². The van der Waals surface area contributed by atoms with Crippen LogP contribution in [0.15, 0.2) is 11.6 Å². The summed E-state index contributed by atoms with van der Waals surface area (Å²) >= 11 is 0. The van der Waals surface area contributed by atoms with Crippen molar-refractivity contribution in [3.63, 3.8) is 0 Å². The first-order valence-corrected chi connectivity index (χ1v) is 6.50. The maximum Gasteiger partial charge on any atom is 0.410 e. The molecule has 0 aromatic carbocycles. The molecule has 0 bridgehead atoms. The Morgan fingerprint density at radius 1 is 1.53 bits per heavy atom. The lowest BCUT2D eigenvalue weighted by molar-refractivity contribution is 0.0258. The van der Waals surface area contributed by atoms with E-state index in [1.165, 1.54) is 5.57 Å². The van der Waals surface area contributed by atoms with Crippen molar-refractivity contribution in [3.8, 4) is 0 Å². The minimum Gasteiger partial charge on any atom is -0.444 e. The summed E-state index contributed by atoms with van der Waals surface area (Å²) in [5.74, 6) is 0.556. The molecule has 1 heterocycles. The maximum atomic E-state index is 11.9. The van der Waals surface area contributed by atoms with Crippen LogP contribution in [0.2, 0.25) is 0 Å². The van der Waals surface area contributed by atoms with Crippen LogP contribution < -0.4 is 0 Å². The van der Waals surface area contributed by atoms with E-state index in [1.54, 1.807) is 0 Å². The van der Waals surface area contributed by atoms with E-state index >= 15 is 0 Å². The standard InChI is InChI=1S/C14H25NO2/c1-6-11(2)12-8-7-9-15(10-12)13(16)17-14(3,4)5/h8,11H,6-7,9-10H2,1-5H3. The van der Waals surface area contributed by atoms with Crippen molar-refractivity contribution in [2.45, 2.75) is 53.1 Å². The van der Waals surface area contributed by atoms with Gasteiger partial charge in [0.05, 0.1) is 0 Å². The molecule has 1 rings (SSSR count). The molecule has 1 aliphatic heterocycles. The molecule has 1 amide bonds. The Kier molecular flexibility index (Phi) is 4.61. The Morgan fingerprint density at radius 3 is 2.71 bits per heavy atom. The number of amides is 1. The molecule has 3 heteroatoms. The molecular weight excluding hydrogens is 214 g/mol. The van der Waals surface area contributed by atoms with Crippen LogP contribution >= 0.6 is 0 Å². The SMILES string of the molecule is CCC(C)C1=CCCN(C(=O)OC(C)(C)C)C1. The average molecular weight is 239 g/mol. The van der Waals surface area contributed by atoms with Gasteiger partial charge in [-0.3, -0.25) is 0 Å². The normalized spacial score (nSPS) is 18.6. The Balaban J connectivity index is 2.58. The van der Waals surface area contributed by atoms with Gasteiger partial charge in [-0.15, -0.1) is 0 Å². The largest absolute Gasteiger partial charge is 0.444 e. The molecule has 0 saturated heterocycles. The maximum absolute atomic E-state index is 11.9. The van der Waals surface area contributed by atoms with Crippen LogP contribution in [0.5, 0.6) is 0 Å². The summed E-state index contributed by atoms with van der Waals surface area (Å²) in [6, 6.07) is 0. The molecule has 0 N–H and O–H groups in total. The molecule has 0 aromatic heterocycles. The van der Waals surface area contributed by atoms with Gasteiger partial charge < -0.3 is 9.64 Å². The van der Waals surface area contributed by atoms with E-state index in [4.69, 9.17) is 4.74 Å². The van der Waals surface area contributed by atoms with E-state index in [9.17, 15) is 4.79 Å². The highest BCUT2D eigenvalue weighted by molar-refractivity contribution is 5.68. The zero-order valence-electron chi connectivity index (χ0n) is 11.7. The number of ether oxygens (including phenoxy) is 1. The van der Waals surface area contributed by atoms with E-state index in [-0.39, 0.29) is 6.09 Å². The van der Waals surface area contributed by atoms with Crippen LogP contribution in [0, 0.1) is 5.92 Å². The van der Waals surface area contributed by atoms with Gasteiger partial charge in [-0.2, -0.15) is 0 Å². The molecule has 1 atom stereocenters. The van der Waals surface area contributed by atoms with E-state index in [2.05, 4.69) is 19.9 Å². The summed E-state index contributed by atoms with van der Waals surface area (Å²) in [5, 5.41) is 0. The van der Waals surface area contributed by atoms with Gasteiger partial charge >= 0.3 is 6.09 Å². The first-order chi connectivity index (χ1) is 7.83. The number of carbonyl (C=O) groups excluding carboxylic acids is 1. The van der Waals surface area contributed by atoms with Crippen molar-refractivity contribution >= 4 is 6.09 Å². The first kappa shape index (κ1) is 14.1. The third-order valence-electron chi connectivity index (χ3n) is 3.08. The summed E-state index contributed by atoms with van der Waals surface area (Å²) in [7, 11) is 0. The molecule has 0 aliphatic carbocycles. The Hall–Kier alpha value is -0.990. The number of carbonyl (C=O) groups is 1. The third-order valence-corrected chi connectivity index (χ3v) is 3.08. The van der Waals surface area contributed by atoms with Crippen molar-refractivity contribution in [1.29, 1.82) is 0 Å². The van der Waals surface area contributed by atoms with Gasteiger partial charge in [-0.1, -0.05) is 25.5 Å². The molecule has 1 aliphatic rings. The summed E-state index contributed by atoms with van der Waals surface area (Å²) in [4.78, 5) is 13.8. The predicted octanol–water partition coefficient (Wildman–Crippen LogP) is 3.60. The lowest BCUT2D eigenvalue weighted by atomic mass is 9.95. The van der Waals surface area contributed by atoms with Crippen molar-refractivity contribution in [3.05, 3.63) is 11.6 Å². The fourth-order valence-electron chi connectivity index (χ4n) is 1.87. The zero-order valence-corrected chi connectivity index (χ0v) is 11.7. The lowest BCUT2D eigenvalue weighted by Gasteiger charge is -2.31. The minimum atomic E-state index is -0.408. The average Bonchev–Trinajstić information content (AvgIpc) is 2.26. The lowest BCUT2D eigenvalue weighted by Crippen LogP contribution is -2.40. The molecule has 0 fully saturated rings. The Labute approximate surface area is 105 Å². The number of hydrogen-bond acceptors (Lipinski definition) is 2. The van der Waals surface area contributed by atoms with Crippen molar-refractivity contribution in [2.24, 2.45) is 5.92 Å². The van der Waals surface area contributed by atoms with Gasteiger partial charge in [0, 0.05) is 13.1 Å². The zero-order chi connectivity index (χ0) is 13.1. The predicted molar refractivity (Wildman–Crippen MR) is 70.0 cm³/mol. The second-order valence-electron chi connectivity index (χ2n) is 5.78. The summed E-state index contributed by atoms with van der Waals surface area (Å²) in [5.41, 5.74) is 0.957. The summed E-state index contributed by atoms with van der Waals surface area (Å²) in [6.45, 7) is 11.6. The molecule has 0 aromatic rings. The Bertz CT molecular complexity index is 302. The van der Waals surface area contributed by atoms with Crippen LogP contribution in [-0.2, 0) is 4.74 Å². The van der Waals surface area contributed by atoms with Crippen LogP contribution in [0.3, 0.4) is 0 Å². The molecule has 0 spiro atoms. The van der Waals surface area contributed by atoms with E-state index < -0.39 is 5.60 Å². The fourth-order valence-corrected chi connectivity index (χ4v) is 1.87. The minimum absolute atomic E-state index is 0.189. The molecule has 98 valence electrons.